The van der Waals surface area contributed by atoms with E-state index in [-0.39, 0.29) is 23.4 Å². The first-order valence-corrected chi connectivity index (χ1v) is 16.7. The van der Waals surface area contributed by atoms with E-state index in [0.29, 0.717) is 19.0 Å². The molecule has 1 aliphatic rings. The van der Waals surface area contributed by atoms with Gasteiger partial charge >= 0.3 is 12.1 Å². The first-order valence-electron chi connectivity index (χ1n) is 14.0. The van der Waals surface area contributed by atoms with Crippen molar-refractivity contribution in [2.24, 2.45) is 0 Å². The minimum atomic E-state index is -2.42. The van der Waals surface area contributed by atoms with Crippen LogP contribution in [0.4, 0.5) is 10.5 Å². The maximum Gasteiger partial charge on any atom is 0.410 e. The van der Waals surface area contributed by atoms with Crippen LogP contribution in [0, 0.1) is 10.1 Å². The van der Waals surface area contributed by atoms with Gasteiger partial charge in [-0.2, -0.15) is 0 Å². The number of rotatable bonds is 9. The second-order valence-corrected chi connectivity index (χ2v) is 16.0. The van der Waals surface area contributed by atoms with E-state index in [4.69, 9.17) is 9.47 Å². The molecule has 1 saturated heterocycles. The van der Waals surface area contributed by atoms with E-state index < -0.39 is 30.7 Å². The van der Waals surface area contributed by atoms with Crippen molar-refractivity contribution in [2.45, 2.75) is 70.4 Å². The van der Waals surface area contributed by atoms with Crippen LogP contribution in [-0.2, 0) is 9.47 Å². The van der Waals surface area contributed by atoms with Crippen molar-refractivity contribution in [2.75, 3.05) is 6.54 Å². The largest absolute Gasteiger partial charge is 0.459 e. The molecule has 3 aromatic carbocycles. The van der Waals surface area contributed by atoms with Gasteiger partial charge in [-0.1, -0.05) is 77.6 Å². The summed E-state index contributed by atoms with van der Waals surface area (Å²) in [5, 5.41) is 13.5. The lowest BCUT2D eigenvalue weighted by molar-refractivity contribution is -0.384. The van der Waals surface area contributed by atoms with Gasteiger partial charge in [-0.15, -0.1) is 0 Å². The lowest BCUT2D eigenvalue weighted by atomic mass is 10.1. The van der Waals surface area contributed by atoms with Crippen molar-refractivity contribution in [3.05, 3.63) is 101 Å². The first-order chi connectivity index (χ1) is 19.5. The van der Waals surface area contributed by atoms with Crippen LogP contribution in [0.1, 0.15) is 50.4 Å². The number of carbonyl (C=O) groups excluding carboxylic acids is 2. The quantitative estimate of drug-likeness (QED) is 0.139. The molecular weight excluding hydrogens is 536 g/mol. The van der Waals surface area contributed by atoms with Crippen molar-refractivity contribution >= 4 is 36.2 Å². The van der Waals surface area contributed by atoms with Crippen LogP contribution in [0.3, 0.4) is 0 Å². The summed E-state index contributed by atoms with van der Waals surface area (Å²) in [6, 6.07) is 26.6. The highest BCUT2D eigenvalue weighted by atomic mass is 28.3. The van der Waals surface area contributed by atoms with E-state index in [9.17, 15) is 19.7 Å². The average molecular weight is 575 g/mol. The van der Waals surface area contributed by atoms with Crippen LogP contribution >= 0.6 is 0 Å². The number of nitro groups is 1. The van der Waals surface area contributed by atoms with Gasteiger partial charge in [-0.3, -0.25) is 10.1 Å². The second-order valence-electron chi connectivity index (χ2n) is 11.8. The molecule has 3 aromatic rings. The smallest absolute Gasteiger partial charge is 0.410 e. The molecule has 9 heteroatoms. The Morgan fingerprint density at radius 1 is 0.976 bits per heavy atom. The molecule has 0 bridgehead atoms. The normalized spacial score (nSPS) is 16.2. The molecule has 1 fully saturated rings. The van der Waals surface area contributed by atoms with Gasteiger partial charge in [0.15, 0.2) is 0 Å². The molecule has 8 nitrogen and oxygen atoms in total. The standard InChI is InChI=1S/C32H38N2O6Si/c1-32(2,3)40-31(36)33-21-11-12-26(33)22-27(39-30(35)24-17-19-25(20-18-24)34(37)38)23-41(4,28-13-7-5-8-14-28)29-15-9-6-10-16-29/h5-10,13-20,26-27H,11-12,21-23H2,1-4H3/t26-,27-/m0/s1. The average Bonchev–Trinajstić information content (AvgIpc) is 3.41. The van der Waals surface area contributed by atoms with Gasteiger partial charge in [0.1, 0.15) is 19.8 Å². The summed E-state index contributed by atoms with van der Waals surface area (Å²) in [5.74, 6) is -0.538. The Morgan fingerprint density at radius 3 is 2.05 bits per heavy atom. The number of ether oxygens (including phenoxy) is 2. The number of nitro benzene ring substituents is 1. The fraction of sp³-hybridized carbons (Fsp3) is 0.375. The molecule has 1 aliphatic heterocycles. The molecule has 0 N–H and O–H groups in total. The summed E-state index contributed by atoms with van der Waals surface area (Å²) in [6.45, 7) is 8.42. The molecule has 1 heterocycles. The van der Waals surface area contributed by atoms with Crippen LogP contribution in [0.15, 0.2) is 84.9 Å². The third-order valence-corrected chi connectivity index (χ3v) is 12.1. The number of carbonyl (C=O) groups is 2. The number of amides is 1. The number of hydrogen-bond acceptors (Lipinski definition) is 6. The summed E-state index contributed by atoms with van der Waals surface area (Å²) in [5.41, 5.74) is -0.456. The van der Waals surface area contributed by atoms with Gasteiger partial charge in [-0.05, 0) is 51.8 Å². The molecule has 2 atom stereocenters. The number of non-ortho nitro benzene ring substituents is 1. The molecule has 216 valence electrons. The van der Waals surface area contributed by atoms with E-state index in [0.717, 1.165) is 12.8 Å². The molecule has 1 amide bonds. The zero-order chi connectivity index (χ0) is 29.6. The Kier molecular flexibility index (Phi) is 9.27. The molecule has 0 aromatic heterocycles. The number of nitrogens with zero attached hydrogens (tertiary/aromatic N) is 2. The summed E-state index contributed by atoms with van der Waals surface area (Å²) in [7, 11) is -2.42. The topological polar surface area (TPSA) is 99.0 Å². The molecule has 0 aliphatic carbocycles. The lowest BCUT2D eigenvalue weighted by Gasteiger charge is -2.35. The summed E-state index contributed by atoms with van der Waals surface area (Å²) >= 11 is 0. The van der Waals surface area contributed by atoms with Crippen LogP contribution < -0.4 is 10.4 Å². The van der Waals surface area contributed by atoms with E-state index in [2.05, 4.69) is 30.8 Å². The highest BCUT2D eigenvalue weighted by Crippen LogP contribution is 2.29. The second kappa shape index (κ2) is 12.7. The summed E-state index contributed by atoms with van der Waals surface area (Å²) in [6.07, 6.45) is 1.26. The van der Waals surface area contributed by atoms with Gasteiger partial charge in [0.25, 0.3) is 5.69 Å². The zero-order valence-corrected chi connectivity index (χ0v) is 25.1. The van der Waals surface area contributed by atoms with Gasteiger partial charge < -0.3 is 14.4 Å². The Balaban J connectivity index is 1.66. The Hall–Kier alpha value is -3.98. The van der Waals surface area contributed by atoms with Crippen molar-refractivity contribution < 1.29 is 24.0 Å². The van der Waals surface area contributed by atoms with E-state index in [1.807, 2.05) is 57.2 Å². The van der Waals surface area contributed by atoms with Crippen LogP contribution in [0.2, 0.25) is 12.6 Å². The van der Waals surface area contributed by atoms with Crippen molar-refractivity contribution in [1.29, 1.82) is 0 Å². The Bertz CT molecular complexity index is 1300. The van der Waals surface area contributed by atoms with Crippen molar-refractivity contribution in [3.8, 4) is 0 Å². The maximum absolute atomic E-state index is 13.4. The highest BCUT2D eigenvalue weighted by Gasteiger charge is 2.40. The molecule has 4 rings (SSSR count). The molecular formula is C32H38N2O6Si. The predicted octanol–water partition coefficient (Wildman–Crippen LogP) is 5.80. The molecule has 41 heavy (non-hydrogen) atoms. The molecule has 0 unspecified atom stereocenters. The third kappa shape index (κ3) is 7.61. The minimum absolute atomic E-state index is 0.0924. The van der Waals surface area contributed by atoms with Crippen LogP contribution in [0.5, 0.6) is 0 Å². The summed E-state index contributed by atoms with van der Waals surface area (Å²) < 4.78 is 11.9. The van der Waals surface area contributed by atoms with Gasteiger partial charge in [0.05, 0.1) is 10.5 Å². The first kappa shape index (κ1) is 30.0. The number of esters is 1. The lowest BCUT2D eigenvalue weighted by Crippen LogP contribution is -2.58. The summed E-state index contributed by atoms with van der Waals surface area (Å²) in [4.78, 5) is 38.8. The van der Waals surface area contributed by atoms with E-state index in [1.165, 1.54) is 34.6 Å². The van der Waals surface area contributed by atoms with Crippen molar-refractivity contribution in [3.63, 3.8) is 0 Å². The Labute approximate surface area is 242 Å². The molecule has 0 radical (unpaired) electrons. The maximum atomic E-state index is 13.4. The fourth-order valence-electron chi connectivity index (χ4n) is 5.53. The van der Waals surface area contributed by atoms with E-state index in [1.54, 1.807) is 4.90 Å². The number of hydrogen-bond donors (Lipinski definition) is 0. The SMILES string of the molecule is CC(C)(C)OC(=O)N1CCC[C@H]1C[C@@H](C[Si](C)(c1ccccc1)c1ccccc1)OC(=O)c1ccc([N+](=O)[O-])cc1. The van der Waals surface area contributed by atoms with Gasteiger partial charge in [0, 0.05) is 31.1 Å². The number of likely N-dealkylation sites (tertiary alicyclic amines) is 1. The minimum Gasteiger partial charge on any atom is -0.459 e. The highest BCUT2D eigenvalue weighted by molar-refractivity contribution is 7.01. The monoisotopic (exact) mass is 574 g/mol. The van der Waals surface area contributed by atoms with Crippen molar-refractivity contribution in [1.82, 2.24) is 4.90 Å². The fourth-order valence-corrected chi connectivity index (χ4v) is 9.35. The zero-order valence-electron chi connectivity index (χ0n) is 24.1. The predicted molar refractivity (Wildman–Crippen MR) is 161 cm³/mol. The molecule has 0 spiro atoms. The third-order valence-electron chi connectivity index (χ3n) is 7.59. The van der Waals surface area contributed by atoms with Crippen LogP contribution in [-0.4, -0.2) is 54.3 Å². The molecule has 0 saturated carbocycles. The van der Waals surface area contributed by atoms with E-state index >= 15 is 0 Å². The van der Waals surface area contributed by atoms with Gasteiger partial charge in [0.2, 0.25) is 0 Å². The Morgan fingerprint density at radius 2 is 1.54 bits per heavy atom. The number of benzene rings is 3. The van der Waals surface area contributed by atoms with Crippen LogP contribution in [0.25, 0.3) is 0 Å². The van der Waals surface area contributed by atoms with Gasteiger partial charge in [-0.25, -0.2) is 9.59 Å².